The molecule has 0 saturated heterocycles. The van der Waals surface area contributed by atoms with Crippen LogP contribution in [0, 0.1) is 0 Å². The number of carbonyl (C=O) groups excluding carboxylic acids is 1. The van der Waals surface area contributed by atoms with E-state index in [2.05, 4.69) is 6.92 Å². The summed E-state index contributed by atoms with van der Waals surface area (Å²) in [6.07, 6.45) is 10.8. The number of aliphatic hydroxyl groups is 1. The third-order valence-electron chi connectivity index (χ3n) is 6.91. The number of carbonyl (C=O) groups is 1. The second kappa shape index (κ2) is 38.0. The molecule has 48 heavy (non-hydrogen) atoms. The van der Waals surface area contributed by atoms with Crippen LogP contribution in [0.25, 0.3) is 0 Å². The first-order valence-corrected chi connectivity index (χ1v) is 17.4. The summed E-state index contributed by atoms with van der Waals surface area (Å²) >= 11 is 0. The minimum absolute atomic E-state index is 0. The monoisotopic (exact) mass is 712 g/mol. The van der Waals surface area contributed by atoms with Gasteiger partial charge in [-0.1, -0.05) is 57.9 Å². The molecular formula is C35H61KO12. The number of rotatable bonds is 37. The fourth-order valence-corrected chi connectivity index (χ4v) is 4.40. The largest absolute Gasteiger partial charge is 1.00 e. The minimum atomic E-state index is -1.23. The van der Waals surface area contributed by atoms with E-state index in [0.29, 0.717) is 111 Å². The van der Waals surface area contributed by atoms with E-state index in [-0.39, 0.29) is 70.2 Å². The van der Waals surface area contributed by atoms with Gasteiger partial charge in [0.2, 0.25) is 0 Å². The van der Waals surface area contributed by atoms with E-state index < -0.39 is 5.97 Å². The van der Waals surface area contributed by atoms with Crippen molar-refractivity contribution in [1.29, 1.82) is 0 Å². The molecule has 0 aliphatic carbocycles. The van der Waals surface area contributed by atoms with Crippen molar-refractivity contribution in [2.24, 2.45) is 0 Å². The van der Waals surface area contributed by atoms with Crippen molar-refractivity contribution >= 4 is 5.97 Å². The molecule has 12 nitrogen and oxygen atoms in total. The zero-order chi connectivity index (χ0) is 33.9. The number of aromatic carboxylic acids is 1. The van der Waals surface area contributed by atoms with Gasteiger partial charge >= 0.3 is 51.4 Å². The molecule has 0 aliphatic rings. The van der Waals surface area contributed by atoms with Gasteiger partial charge in [-0.3, -0.25) is 0 Å². The van der Waals surface area contributed by atoms with Crippen LogP contribution < -0.4 is 61.2 Å². The summed E-state index contributed by atoms with van der Waals surface area (Å²) in [5.41, 5.74) is 1.08. The minimum Gasteiger partial charge on any atom is -0.545 e. The predicted octanol–water partition coefficient (Wildman–Crippen LogP) is 0.241. The van der Waals surface area contributed by atoms with Crippen molar-refractivity contribution < 1.29 is 109 Å². The molecule has 1 aromatic rings. The molecule has 0 aromatic heterocycles. The molecule has 0 fully saturated rings. The Morgan fingerprint density at radius 1 is 0.562 bits per heavy atom. The number of aliphatic hydroxyl groups excluding tert-OH is 1. The van der Waals surface area contributed by atoms with Gasteiger partial charge in [-0.25, -0.2) is 0 Å². The molecule has 0 bridgehead atoms. The molecule has 0 atom stereocenters. The summed E-state index contributed by atoms with van der Waals surface area (Å²) in [6.45, 7) is 9.69. The molecular weight excluding hydrogens is 651 g/mol. The Morgan fingerprint density at radius 3 is 1.33 bits per heavy atom. The van der Waals surface area contributed by atoms with Gasteiger partial charge in [0, 0.05) is 5.56 Å². The second-order valence-electron chi connectivity index (χ2n) is 10.8. The van der Waals surface area contributed by atoms with Crippen LogP contribution in [-0.2, 0) is 44.3 Å². The van der Waals surface area contributed by atoms with E-state index in [9.17, 15) is 9.90 Å². The molecule has 1 N–H and O–H groups in total. The number of carboxylic acids is 1. The Bertz CT molecular complexity index is 833. The van der Waals surface area contributed by atoms with E-state index in [1.165, 1.54) is 38.5 Å². The van der Waals surface area contributed by atoms with E-state index in [1.54, 1.807) is 12.1 Å². The molecule has 13 heteroatoms. The van der Waals surface area contributed by atoms with E-state index in [0.717, 1.165) is 24.8 Å². The van der Waals surface area contributed by atoms with Gasteiger partial charge in [0.05, 0.1) is 118 Å². The van der Waals surface area contributed by atoms with Gasteiger partial charge in [0.15, 0.2) is 0 Å². The zero-order valence-electron chi connectivity index (χ0n) is 29.8. The number of aryl methyl sites for hydroxylation is 1. The quantitative estimate of drug-likeness (QED) is 0.0746. The van der Waals surface area contributed by atoms with Gasteiger partial charge < -0.3 is 57.6 Å². The maximum atomic E-state index is 11.6. The van der Waals surface area contributed by atoms with Crippen LogP contribution in [-0.4, -0.2) is 130 Å². The molecule has 0 heterocycles. The van der Waals surface area contributed by atoms with Crippen molar-refractivity contribution in [3.05, 3.63) is 29.3 Å². The number of ether oxygens (including phenoxy) is 9. The fourth-order valence-electron chi connectivity index (χ4n) is 4.40. The Morgan fingerprint density at radius 2 is 0.938 bits per heavy atom. The predicted molar refractivity (Wildman–Crippen MR) is 176 cm³/mol. The summed E-state index contributed by atoms with van der Waals surface area (Å²) in [4.78, 5) is 11.6. The van der Waals surface area contributed by atoms with Crippen LogP contribution in [0.3, 0.4) is 0 Å². The number of benzene rings is 1. The third-order valence-corrected chi connectivity index (χ3v) is 6.91. The van der Waals surface area contributed by atoms with E-state index >= 15 is 0 Å². The van der Waals surface area contributed by atoms with Crippen LogP contribution >= 0.6 is 0 Å². The summed E-state index contributed by atoms with van der Waals surface area (Å²) < 4.78 is 48.9. The topological polar surface area (TPSA) is 143 Å². The SMILES string of the molecule is CCCCCCCCCCc1ccc(OCCOCCOCCOCCOCCOCCOCCOCCOCCO)c(C(=O)[O-])c1.[K+]. The molecule has 0 radical (unpaired) electrons. The number of hydrogen-bond donors (Lipinski definition) is 1. The van der Waals surface area contributed by atoms with Gasteiger partial charge in [0.1, 0.15) is 12.4 Å². The molecule has 0 amide bonds. The Labute approximate surface area is 331 Å². The van der Waals surface area contributed by atoms with Crippen molar-refractivity contribution in [3.8, 4) is 5.75 Å². The molecule has 0 saturated carbocycles. The van der Waals surface area contributed by atoms with Crippen LogP contribution in [0.4, 0.5) is 0 Å². The van der Waals surface area contributed by atoms with Gasteiger partial charge in [-0.2, -0.15) is 0 Å². The Kier molecular flexibility index (Phi) is 37.8. The average molecular weight is 713 g/mol. The number of unbranched alkanes of at least 4 members (excludes halogenated alkanes) is 7. The van der Waals surface area contributed by atoms with Crippen molar-refractivity contribution in [3.63, 3.8) is 0 Å². The molecule has 0 aliphatic heterocycles. The summed E-state index contributed by atoms with van der Waals surface area (Å²) in [7, 11) is 0. The Balaban J connectivity index is 0.0000221. The van der Waals surface area contributed by atoms with Gasteiger partial charge in [-0.05, 0) is 30.5 Å². The smallest absolute Gasteiger partial charge is 0.545 e. The first-order valence-electron chi connectivity index (χ1n) is 17.4. The zero-order valence-corrected chi connectivity index (χ0v) is 32.9. The summed E-state index contributed by atoms with van der Waals surface area (Å²) in [5.74, 6) is -0.927. The van der Waals surface area contributed by atoms with Gasteiger partial charge in [0.25, 0.3) is 0 Å². The maximum absolute atomic E-state index is 11.6. The average Bonchev–Trinajstić information content (AvgIpc) is 3.07. The van der Waals surface area contributed by atoms with Crippen LogP contribution in [0.2, 0.25) is 0 Å². The second-order valence-corrected chi connectivity index (χ2v) is 10.8. The third kappa shape index (κ3) is 30.6. The molecule has 1 rings (SSSR count). The number of carboxylic acid groups (broad SMARTS) is 1. The van der Waals surface area contributed by atoms with Crippen LogP contribution in [0.15, 0.2) is 18.2 Å². The van der Waals surface area contributed by atoms with E-state index in [1.807, 2.05) is 6.07 Å². The molecule has 274 valence electrons. The fraction of sp³-hybridized carbons (Fsp3) is 0.800. The summed E-state index contributed by atoms with van der Waals surface area (Å²) in [6, 6.07) is 5.32. The van der Waals surface area contributed by atoms with Crippen molar-refractivity contribution in [2.45, 2.75) is 64.7 Å². The first-order chi connectivity index (χ1) is 23.2. The van der Waals surface area contributed by atoms with Gasteiger partial charge in [-0.15, -0.1) is 0 Å². The van der Waals surface area contributed by atoms with Crippen LogP contribution in [0.1, 0.15) is 74.2 Å². The standard InChI is InChI=1S/C35H62O12.K/c1-2-3-4-5-6-7-8-9-10-32-11-12-34(33(31-32)35(37)38)47-30-29-46-28-27-45-26-25-44-24-23-43-22-21-42-20-19-41-18-17-40-16-15-39-14-13-36;/h11-12,31,36H,2-10,13-30H2,1H3,(H,37,38);/q;+1/p-1. The van der Waals surface area contributed by atoms with E-state index in [4.69, 9.17) is 47.7 Å². The number of hydrogen-bond acceptors (Lipinski definition) is 12. The molecule has 1 aromatic carbocycles. The molecule has 0 spiro atoms. The van der Waals surface area contributed by atoms with Crippen LogP contribution in [0.5, 0.6) is 5.75 Å². The maximum Gasteiger partial charge on any atom is 1.00 e. The summed E-state index contributed by atoms with van der Waals surface area (Å²) in [5, 5.41) is 20.2. The van der Waals surface area contributed by atoms with Crippen molar-refractivity contribution in [2.75, 3.05) is 119 Å². The van der Waals surface area contributed by atoms with Crippen molar-refractivity contribution in [1.82, 2.24) is 0 Å². The Hall–Kier alpha value is -0.234. The normalized spacial score (nSPS) is 11.1. The molecule has 0 unspecified atom stereocenters. The first kappa shape index (κ1) is 47.8.